The summed E-state index contributed by atoms with van der Waals surface area (Å²) in [5.74, 6) is 2.14. The molecule has 0 heterocycles. The van der Waals surface area contributed by atoms with Gasteiger partial charge in [-0.3, -0.25) is 9.59 Å². The van der Waals surface area contributed by atoms with E-state index in [0.717, 1.165) is 29.1 Å². The summed E-state index contributed by atoms with van der Waals surface area (Å²) >= 11 is 1.56. The largest absolute Gasteiger partial charge is 0.497 e. The molecule has 2 aromatic rings. The van der Waals surface area contributed by atoms with Crippen LogP contribution in [0.2, 0.25) is 0 Å². The molecule has 0 unspecified atom stereocenters. The maximum absolute atomic E-state index is 13.0. The van der Waals surface area contributed by atoms with E-state index in [1.54, 1.807) is 23.8 Å². The number of amides is 2. The summed E-state index contributed by atoms with van der Waals surface area (Å²) in [7, 11) is 1.64. The van der Waals surface area contributed by atoms with Crippen LogP contribution in [0.4, 0.5) is 0 Å². The van der Waals surface area contributed by atoms with Crippen molar-refractivity contribution in [3.63, 3.8) is 0 Å². The van der Waals surface area contributed by atoms with Crippen molar-refractivity contribution in [1.82, 2.24) is 10.2 Å². The first-order chi connectivity index (χ1) is 14.9. The van der Waals surface area contributed by atoms with Gasteiger partial charge in [-0.1, -0.05) is 56.3 Å². The number of carbonyl (C=O) groups excluding carboxylic acids is 2. The van der Waals surface area contributed by atoms with Crippen molar-refractivity contribution in [1.29, 1.82) is 0 Å². The van der Waals surface area contributed by atoms with Gasteiger partial charge in [-0.15, -0.1) is 11.8 Å². The summed E-state index contributed by atoms with van der Waals surface area (Å²) in [5, 5.41) is 2.96. The van der Waals surface area contributed by atoms with Gasteiger partial charge in [0.2, 0.25) is 11.8 Å². The van der Waals surface area contributed by atoms with Gasteiger partial charge in [0.15, 0.2) is 0 Å². The van der Waals surface area contributed by atoms with Crippen molar-refractivity contribution < 1.29 is 14.3 Å². The van der Waals surface area contributed by atoms with Gasteiger partial charge in [0, 0.05) is 18.8 Å². The molecule has 0 aliphatic heterocycles. The normalized spacial score (nSPS) is 11.8. The molecule has 0 fully saturated rings. The third kappa shape index (κ3) is 8.66. The molecule has 0 aliphatic rings. The zero-order valence-electron chi connectivity index (χ0n) is 19.0. The highest BCUT2D eigenvalue weighted by Crippen LogP contribution is 2.17. The van der Waals surface area contributed by atoms with Crippen LogP contribution in [0.25, 0.3) is 0 Å². The SMILES string of the molecule is COc1ccc(CSCC(=O)N(CCc2ccccc2)[C@@H](C)C(=O)NCC(C)C)cc1. The number of benzene rings is 2. The molecule has 0 bridgehead atoms. The Hall–Kier alpha value is -2.47. The van der Waals surface area contributed by atoms with Gasteiger partial charge >= 0.3 is 0 Å². The second-order valence-electron chi connectivity index (χ2n) is 7.98. The highest BCUT2D eigenvalue weighted by molar-refractivity contribution is 7.99. The van der Waals surface area contributed by atoms with Gasteiger partial charge in [0.25, 0.3) is 0 Å². The third-order valence-electron chi connectivity index (χ3n) is 4.99. The molecule has 2 rings (SSSR count). The molecule has 1 N–H and O–H groups in total. The Bertz CT molecular complexity index is 809. The number of hydrogen-bond donors (Lipinski definition) is 1. The summed E-state index contributed by atoms with van der Waals surface area (Å²) in [4.78, 5) is 27.4. The lowest BCUT2D eigenvalue weighted by atomic mass is 10.1. The minimum atomic E-state index is -0.503. The van der Waals surface area contributed by atoms with Crippen LogP contribution in [0.15, 0.2) is 54.6 Å². The fourth-order valence-corrected chi connectivity index (χ4v) is 3.95. The van der Waals surface area contributed by atoms with E-state index in [4.69, 9.17) is 4.74 Å². The predicted octanol–water partition coefficient (Wildman–Crippen LogP) is 4.16. The van der Waals surface area contributed by atoms with Crippen LogP contribution in [0.3, 0.4) is 0 Å². The molecule has 0 saturated carbocycles. The summed E-state index contributed by atoms with van der Waals surface area (Å²) in [6, 6.07) is 17.4. The summed E-state index contributed by atoms with van der Waals surface area (Å²) < 4.78 is 5.18. The number of thioether (sulfide) groups is 1. The van der Waals surface area contributed by atoms with Crippen molar-refractivity contribution in [2.75, 3.05) is 26.0 Å². The molecule has 0 aromatic heterocycles. The molecule has 168 valence electrons. The van der Waals surface area contributed by atoms with E-state index >= 15 is 0 Å². The van der Waals surface area contributed by atoms with E-state index in [1.165, 1.54) is 0 Å². The number of carbonyl (C=O) groups is 2. The Morgan fingerprint density at radius 3 is 2.29 bits per heavy atom. The predicted molar refractivity (Wildman–Crippen MR) is 128 cm³/mol. The Kier molecular flexibility index (Phi) is 10.4. The van der Waals surface area contributed by atoms with Crippen molar-refractivity contribution in [3.8, 4) is 5.75 Å². The first-order valence-corrected chi connectivity index (χ1v) is 11.9. The van der Waals surface area contributed by atoms with Crippen molar-refractivity contribution >= 4 is 23.6 Å². The Labute approximate surface area is 190 Å². The fourth-order valence-electron chi connectivity index (χ4n) is 3.08. The first kappa shape index (κ1) is 24.8. The lowest BCUT2D eigenvalue weighted by Gasteiger charge is -2.29. The first-order valence-electron chi connectivity index (χ1n) is 10.7. The highest BCUT2D eigenvalue weighted by Gasteiger charge is 2.25. The molecule has 1 atom stereocenters. The van der Waals surface area contributed by atoms with Crippen molar-refractivity contribution in [2.45, 2.75) is 39.0 Å². The van der Waals surface area contributed by atoms with Gasteiger partial charge in [-0.05, 0) is 42.5 Å². The van der Waals surface area contributed by atoms with E-state index in [0.29, 0.717) is 24.8 Å². The molecule has 0 saturated heterocycles. The van der Waals surface area contributed by atoms with Gasteiger partial charge in [-0.25, -0.2) is 0 Å². The number of methoxy groups -OCH3 is 1. The van der Waals surface area contributed by atoms with E-state index < -0.39 is 6.04 Å². The van der Waals surface area contributed by atoms with E-state index in [2.05, 4.69) is 19.2 Å². The number of nitrogens with zero attached hydrogens (tertiary/aromatic N) is 1. The Morgan fingerprint density at radius 1 is 1.00 bits per heavy atom. The van der Waals surface area contributed by atoms with E-state index in [1.807, 2.05) is 61.5 Å². The average Bonchev–Trinajstić information content (AvgIpc) is 2.78. The lowest BCUT2D eigenvalue weighted by Crippen LogP contribution is -2.50. The van der Waals surface area contributed by atoms with Gasteiger partial charge < -0.3 is 15.0 Å². The maximum atomic E-state index is 13.0. The summed E-state index contributed by atoms with van der Waals surface area (Å²) in [6.07, 6.45) is 0.720. The van der Waals surface area contributed by atoms with E-state index in [9.17, 15) is 9.59 Å². The van der Waals surface area contributed by atoms with Crippen LogP contribution in [0.5, 0.6) is 5.75 Å². The molecule has 0 spiro atoms. The zero-order chi connectivity index (χ0) is 22.6. The van der Waals surface area contributed by atoms with Crippen LogP contribution >= 0.6 is 11.8 Å². The molecular formula is C25H34N2O3S. The smallest absolute Gasteiger partial charge is 0.242 e. The maximum Gasteiger partial charge on any atom is 0.242 e. The van der Waals surface area contributed by atoms with Crippen LogP contribution in [0.1, 0.15) is 31.9 Å². The van der Waals surface area contributed by atoms with Crippen LogP contribution in [-0.2, 0) is 21.8 Å². The molecule has 0 aliphatic carbocycles. The number of ether oxygens (including phenoxy) is 1. The Balaban J connectivity index is 1.97. The van der Waals surface area contributed by atoms with Gasteiger partial charge in [0.1, 0.15) is 11.8 Å². The minimum Gasteiger partial charge on any atom is -0.497 e. The quantitative estimate of drug-likeness (QED) is 0.536. The standard InChI is InChI=1S/C25H34N2O3S/c1-19(2)16-26-25(29)20(3)27(15-14-21-8-6-5-7-9-21)24(28)18-31-17-22-10-12-23(30-4)13-11-22/h5-13,19-20H,14-18H2,1-4H3,(H,26,29)/t20-/m0/s1. The second-order valence-corrected chi connectivity index (χ2v) is 8.96. The molecule has 6 heteroatoms. The van der Waals surface area contributed by atoms with Crippen molar-refractivity contribution in [2.24, 2.45) is 5.92 Å². The minimum absolute atomic E-state index is 0.0124. The molecule has 5 nitrogen and oxygen atoms in total. The topological polar surface area (TPSA) is 58.6 Å². The third-order valence-corrected chi connectivity index (χ3v) is 5.98. The van der Waals surface area contributed by atoms with Gasteiger partial charge in [-0.2, -0.15) is 0 Å². The highest BCUT2D eigenvalue weighted by atomic mass is 32.2. The molecule has 2 amide bonds. The monoisotopic (exact) mass is 442 g/mol. The van der Waals surface area contributed by atoms with Crippen LogP contribution in [0, 0.1) is 5.92 Å². The van der Waals surface area contributed by atoms with Crippen molar-refractivity contribution in [3.05, 3.63) is 65.7 Å². The lowest BCUT2D eigenvalue weighted by molar-refractivity contribution is -0.138. The molecule has 31 heavy (non-hydrogen) atoms. The molecular weight excluding hydrogens is 408 g/mol. The molecule has 2 aromatic carbocycles. The summed E-state index contributed by atoms with van der Waals surface area (Å²) in [5.41, 5.74) is 2.29. The zero-order valence-corrected chi connectivity index (χ0v) is 19.8. The summed E-state index contributed by atoms with van der Waals surface area (Å²) in [6.45, 7) is 7.04. The molecule has 0 radical (unpaired) electrons. The number of nitrogens with one attached hydrogen (secondary N) is 1. The Morgan fingerprint density at radius 2 is 1.68 bits per heavy atom. The van der Waals surface area contributed by atoms with Crippen LogP contribution in [-0.4, -0.2) is 48.7 Å². The van der Waals surface area contributed by atoms with Crippen LogP contribution < -0.4 is 10.1 Å². The van der Waals surface area contributed by atoms with E-state index in [-0.39, 0.29) is 11.8 Å². The number of rotatable bonds is 12. The average molecular weight is 443 g/mol. The number of hydrogen-bond acceptors (Lipinski definition) is 4. The fraction of sp³-hybridized carbons (Fsp3) is 0.440. The van der Waals surface area contributed by atoms with Gasteiger partial charge in [0.05, 0.1) is 12.9 Å². The second kappa shape index (κ2) is 13.1.